The lowest BCUT2D eigenvalue weighted by Gasteiger charge is -2.35. The Hall–Kier alpha value is -4.23. The minimum Gasteiger partial charge on any atom is -0.366 e. The molecule has 3 aromatic carbocycles. The van der Waals surface area contributed by atoms with Crippen molar-refractivity contribution in [2.24, 2.45) is 0 Å². The predicted molar refractivity (Wildman–Crippen MR) is 162 cm³/mol. The summed E-state index contributed by atoms with van der Waals surface area (Å²) >= 11 is 2.62. The first-order valence-electron chi connectivity index (χ1n) is 13.8. The Kier molecular flexibility index (Phi) is 8.67. The van der Waals surface area contributed by atoms with Gasteiger partial charge in [-0.15, -0.1) is 21.5 Å². The van der Waals surface area contributed by atoms with Crippen LogP contribution in [0.15, 0.2) is 89.4 Å². The number of rotatable bonds is 8. The van der Waals surface area contributed by atoms with Gasteiger partial charge in [-0.3, -0.25) is 9.36 Å². The van der Waals surface area contributed by atoms with E-state index < -0.39 is 11.7 Å². The highest BCUT2D eigenvalue weighted by molar-refractivity contribution is 7.98. The van der Waals surface area contributed by atoms with E-state index in [-0.39, 0.29) is 11.7 Å². The Morgan fingerprint density at radius 3 is 2.41 bits per heavy atom. The van der Waals surface area contributed by atoms with Crippen molar-refractivity contribution < 1.29 is 22.4 Å². The maximum atomic E-state index is 14.2. The molecule has 1 saturated heterocycles. The third-order valence-corrected chi connectivity index (χ3v) is 9.16. The average molecular weight is 639 g/mol. The zero-order valence-electron chi connectivity index (χ0n) is 23.2. The van der Waals surface area contributed by atoms with Crippen LogP contribution in [0.25, 0.3) is 5.69 Å². The molecule has 1 aliphatic rings. The summed E-state index contributed by atoms with van der Waals surface area (Å²) in [5.41, 5.74) is 1.35. The van der Waals surface area contributed by atoms with Crippen LogP contribution in [0, 0.1) is 5.82 Å². The van der Waals surface area contributed by atoms with Gasteiger partial charge >= 0.3 is 6.18 Å². The quantitative estimate of drug-likeness (QED) is 0.139. The van der Waals surface area contributed by atoms with Gasteiger partial charge in [0.2, 0.25) is 0 Å². The van der Waals surface area contributed by atoms with Gasteiger partial charge in [0.25, 0.3) is 5.91 Å². The standard InChI is InChI=1S/C31H26F4N6OS2/c32-24-11-4-5-12-26(24)39-13-15-40(16-14-39)29(42)25-19-43-28(36-25)20-44-30-38-37-27(17-21-7-2-1-3-8-21)41(30)23-10-6-9-22(18-23)31(33,34)35/h1-12,18-19H,13-17,20H2. The molecular weight excluding hydrogens is 613 g/mol. The molecule has 6 rings (SSSR count). The summed E-state index contributed by atoms with van der Waals surface area (Å²) in [5.74, 6) is 0.372. The number of halogens is 4. The van der Waals surface area contributed by atoms with Crippen LogP contribution in [0.2, 0.25) is 0 Å². The van der Waals surface area contributed by atoms with E-state index in [1.807, 2.05) is 35.2 Å². The minimum absolute atomic E-state index is 0.192. The predicted octanol–water partition coefficient (Wildman–Crippen LogP) is 6.73. The molecular formula is C31H26F4N6OS2. The van der Waals surface area contributed by atoms with Gasteiger partial charge in [0.05, 0.1) is 22.7 Å². The number of alkyl halides is 3. The van der Waals surface area contributed by atoms with Crippen molar-refractivity contribution in [2.75, 3.05) is 31.1 Å². The summed E-state index contributed by atoms with van der Waals surface area (Å²) in [6.45, 7) is 1.91. The fourth-order valence-corrected chi connectivity index (χ4v) is 6.75. The summed E-state index contributed by atoms with van der Waals surface area (Å²) in [6.07, 6.45) is -4.12. The molecule has 3 heterocycles. The Bertz CT molecular complexity index is 1750. The third-order valence-electron chi connectivity index (χ3n) is 7.19. The molecule has 1 aliphatic heterocycles. The molecule has 0 atom stereocenters. The Balaban J connectivity index is 1.16. The molecule has 0 aliphatic carbocycles. The number of piperazine rings is 1. The number of hydrogen-bond donors (Lipinski definition) is 0. The second-order valence-corrected chi connectivity index (χ2v) is 12.0. The van der Waals surface area contributed by atoms with Crippen LogP contribution in [0.3, 0.4) is 0 Å². The van der Waals surface area contributed by atoms with Gasteiger partial charge in [-0.25, -0.2) is 9.37 Å². The second-order valence-electron chi connectivity index (χ2n) is 10.1. The number of nitrogens with zero attached hydrogens (tertiary/aromatic N) is 6. The number of hydrogen-bond acceptors (Lipinski definition) is 7. The van der Waals surface area contributed by atoms with Crippen LogP contribution in [0.1, 0.15) is 32.4 Å². The van der Waals surface area contributed by atoms with Gasteiger partial charge in [-0.1, -0.05) is 60.3 Å². The fraction of sp³-hybridized carbons (Fsp3) is 0.226. The molecule has 0 N–H and O–H groups in total. The largest absolute Gasteiger partial charge is 0.416 e. The Morgan fingerprint density at radius 2 is 1.66 bits per heavy atom. The molecule has 0 saturated carbocycles. The van der Waals surface area contributed by atoms with Crippen molar-refractivity contribution in [2.45, 2.75) is 23.5 Å². The highest BCUT2D eigenvalue weighted by Crippen LogP contribution is 2.33. The van der Waals surface area contributed by atoms with Crippen molar-refractivity contribution >= 4 is 34.7 Å². The van der Waals surface area contributed by atoms with E-state index in [0.717, 1.165) is 17.7 Å². The van der Waals surface area contributed by atoms with Crippen LogP contribution in [-0.4, -0.2) is 56.7 Å². The first-order valence-corrected chi connectivity index (χ1v) is 15.6. The maximum Gasteiger partial charge on any atom is 0.416 e. The fourth-order valence-electron chi connectivity index (χ4n) is 4.99. The maximum absolute atomic E-state index is 14.2. The topological polar surface area (TPSA) is 67.2 Å². The SMILES string of the molecule is O=C(c1csc(CSc2nnc(Cc3ccccc3)n2-c2cccc(C(F)(F)F)c2)n1)N1CCN(c2ccccc2F)CC1. The van der Waals surface area contributed by atoms with E-state index in [0.29, 0.717) is 71.4 Å². The molecule has 0 radical (unpaired) electrons. The summed E-state index contributed by atoms with van der Waals surface area (Å²) < 4.78 is 56.5. The van der Waals surface area contributed by atoms with Crippen molar-refractivity contribution in [3.63, 3.8) is 0 Å². The zero-order valence-corrected chi connectivity index (χ0v) is 24.9. The zero-order chi connectivity index (χ0) is 30.7. The normalized spacial score (nSPS) is 13.8. The van der Waals surface area contributed by atoms with Crippen LogP contribution in [0.4, 0.5) is 23.2 Å². The van der Waals surface area contributed by atoms with Crippen molar-refractivity contribution in [1.29, 1.82) is 0 Å². The van der Waals surface area contributed by atoms with E-state index >= 15 is 0 Å². The minimum atomic E-state index is -4.49. The molecule has 5 aromatic rings. The first kappa shape index (κ1) is 29.8. The second kappa shape index (κ2) is 12.8. The summed E-state index contributed by atoms with van der Waals surface area (Å²) in [5, 5.41) is 11.4. The number of thiazole rings is 1. The van der Waals surface area contributed by atoms with Crippen molar-refractivity contribution in [3.05, 3.63) is 118 Å². The van der Waals surface area contributed by atoms with Gasteiger partial charge in [0.1, 0.15) is 22.3 Å². The average Bonchev–Trinajstić information content (AvgIpc) is 3.67. The molecule has 0 spiro atoms. The van der Waals surface area contributed by atoms with Crippen LogP contribution in [0.5, 0.6) is 0 Å². The van der Waals surface area contributed by atoms with Gasteiger partial charge in [0, 0.05) is 38.0 Å². The number of benzene rings is 3. The van der Waals surface area contributed by atoms with E-state index in [9.17, 15) is 22.4 Å². The number of anilines is 1. The van der Waals surface area contributed by atoms with Crippen LogP contribution >= 0.6 is 23.1 Å². The molecule has 44 heavy (non-hydrogen) atoms. The number of thioether (sulfide) groups is 1. The van der Waals surface area contributed by atoms with Gasteiger partial charge < -0.3 is 9.80 Å². The monoisotopic (exact) mass is 638 g/mol. The molecule has 1 amide bonds. The first-order chi connectivity index (χ1) is 21.3. The molecule has 226 valence electrons. The third kappa shape index (κ3) is 6.63. The number of para-hydroxylation sites is 1. The van der Waals surface area contributed by atoms with Crippen molar-refractivity contribution in [3.8, 4) is 5.69 Å². The van der Waals surface area contributed by atoms with E-state index in [4.69, 9.17) is 0 Å². The van der Waals surface area contributed by atoms with E-state index in [1.165, 1.54) is 35.2 Å². The lowest BCUT2D eigenvalue weighted by atomic mass is 10.1. The number of aromatic nitrogens is 4. The number of amides is 1. The molecule has 7 nitrogen and oxygen atoms in total. The molecule has 0 bridgehead atoms. The molecule has 1 fully saturated rings. The summed E-state index contributed by atoms with van der Waals surface area (Å²) in [4.78, 5) is 21.4. The summed E-state index contributed by atoms with van der Waals surface area (Å²) in [6, 6.07) is 21.2. The molecule has 0 unspecified atom stereocenters. The molecule has 2 aromatic heterocycles. The smallest absolute Gasteiger partial charge is 0.366 e. The van der Waals surface area contributed by atoms with Crippen LogP contribution < -0.4 is 4.90 Å². The lowest BCUT2D eigenvalue weighted by molar-refractivity contribution is -0.137. The van der Waals surface area contributed by atoms with Gasteiger partial charge in [-0.05, 0) is 35.9 Å². The van der Waals surface area contributed by atoms with Gasteiger partial charge in [-0.2, -0.15) is 13.2 Å². The number of carbonyl (C=O) groups is 1. The highest BCUT2D eigenvalue weighted by atomic mass is 32.2. The van der Waals surface area contributed by atoms with Crippen LogP contribution in [-0.2, 0) is 18.3 Å². The van der Waals surface area contributed by atoms with E-state index in [2.05, 4.69) is 15.2 Å². The lowest BCUT2D eigenvalue weighted by Crippen LogP contribution is -2.49. The highest BCUT2D eigenvalue weighted by Gasteiger charge is 2.31. The number of carbonyl (C=O) groups excluding carboxylic acids is 1. The van der Waals surface area contributed by atoms with Crippen molar-refractivity contribution in [1.82, 2.24) is 24.6 Å². The van der Waals surface area contributed by atoms with Gasteiger partial charge in [0.15, 0.2) is 5.16 Å². The molecule has 13 heteroatoms. The van der Waals surface area contributed by atoms with E-state index in [1.54, 1.807) is 39.1 Å². The Labute approximate surface area is 259 Å². The summed E-state index contributed by atoms with van der Waals surface area (Å²) in [7, 11) is 0. The Morgan fingerprint density at radius 1 is 0.909 bits per heavy atom.